The number of benzene rings is 1. The van der Waals surface area contributed by atoms with E-state index in [1.54, 1.807) is 19.9 Å². The number of Topliss-reactive ketones (excluding diaryl/α,β-unsaturated/α-hetero) is 2. The second-order valence-electron chi connectivity index (χ2n) is 15.3. The van der Waals surface area contributed by atoms with Crippen molar-refractivity contribution in [2.45, 2.75) is 117 Å². The standard InChI is InChI=1S/C36H52O7S2/c1-31(2,23-37)18-12-11-15-24-21-33(5,6)29(39)36(45,42-24)26-17-10-9-16-25(26)27-22-34(7,8)28(38)35(44,43-27)20-14-13-19-32(3,4)30(40)41/h9-10,16-17,21-22,37,44-45H,11-15,18-20,23H2,1-8H3,(H,40,41). The van der Waals surface area contributed by atoms with Crippen LogP contribution in [-0.4, -0.2) is 39.3 Å². The normalized spacial score (nSPS) is 24.8. The summed E-state index contributed by atoms with van der Waals surface area (Å²) >= 11 is 9.76. The zero-order chi connectivity index (χ0) is 34.1. The lowest BCUT2D eigenvalue weighted by molar-refractivity contribution is -0.147. The number of aliphatic hydroxyl groups excluding tert-OH is 1. The van der Waals surface area contributed by atoms with Gasteiger partial charge in [0.1, 0.15) is 5.76 Å². The van der Waals surface area contributed by atoms with Gasteiger partial charge in [-0.25, -0.2) is 0 Å². The van der Waals surface area contributed by atoms with Crippen LogP contribution in [0.2, 0.25) is 0 Å². The molecule has 0 spiro atoms. The number of unbranched alkanes of at least 4 members (excludes halogenated alkanes) is 2. The molecule has 2 atom stereocenters. The summed E-state index contributed by atoms with van der Waals surface area (Å²) in [6, 6.07) is 7.32. The maximum Gasteiger partial charge on any atom is 0.309 e. The molecule has 2 aliphatic rings. The van der Waals surface area contributed by atoms with Crippen molar-refractivity contribution in [2.24, 2.45) is 21.7 Å². The summed E-state index contributed by atoms with van der Waals surface area (Å²) in [5.74, 6) is -0.142. The third kappa shape index (κ3) is 8.38. The van der Waals surface area contributed by atoms with E-state index in [4.69, 9.17) is 34.7 Å². The monoisotopic (exact) mass is 660 g/mol. The first kappa shape index (κ1) is 37.2. The highest BCUT2D eigenvalue weighted by Crippen LogP contribution is 2.50. The van der Waals surface area contributed by atoms with Crippen LogP contribution in [-0.2, 0) is 28.8 Å². The Morgan fingerprint density at radius 3 is 2.07 bits per heavy atom. The number of ether oxygens (including phenoxy) is 2. The molecule has 0 radical (unpaired) electrons. The minimum Gasteiger partial charge on any atom is -0.481 e. The zero-order valence-corrected chi connectivity index (χ0v) is 29.9. The van der Waals surface area contributed by atoms with E-state index in [2.05, 4.69) is 0 Å². The van der Waals surface area contributed by atoms with Crippen LogP contribution >= 0.6 is 25.3 Å². The molecule has 0 aliphatic carbocycles. The highest BCUT2D eigenvalue weighted by Gasteiger charge is 2.53. The Hall–Kier alpha value is -2.23. The fourth-order valence-corrected chi connectivity index (χ4v) is 7.08. The molecule has 1 aromatic carbocycles. The van der Waals surface area contributed by atoms with Gasteiger partial charge in [-0.2, -0.15) is 0 Å². The molecular formula is C36H52O7S2. The lowest BCUT2D eigenvalue weighted by Crippen LogP contribution is -2.47. The van der Waals surface area contributed by atoms with Crippen molar-refractivity contribution in [3.05, 3.63) is 53.3 Å². The van der Waals surface area contributed by atoms with Gasteiger partial charge in [0.25, 0.3) is 0 Å². The minimum atomic E-state index is -1.61. The molecule has 2 unspecified atom stereocenters. The number of aliphatic carboxylic acids is 1. The topological polar surface area (TPSA) is 110 Å². The van der Waals surface area contributed by atoms with E-state index in [9.17, 15) is 24.6 Å². The maximum atomic E-state index is 14.0. The predicted octanol–water partition coefficient (Wildman–Crippen LogP) is 8.12. The molecule has 3 rings (SSSR count). The second kappa shape index (κ2) is 13.5. The van der Waals surface area contributed by atoms with Crippen molar-refractivity contribution < 1.29 is 34.1 Å². The summed E-state index contributed by atoms with van der Waals surface area (Å²) in [7, 11) is 0. The average molecular weight is 661 g/mol. The van der Waals surface area contributed by atoms with Crippen molar-refractivity contribution >= 4 is 48.6 Å². The third-order valence-electron chi connectivity index (χ3n) is 9.06. The Kier molecular flexibility index (Phi) is 11.2. The van der Waals surface area contributed by atoms with Gasteiger partial charge in [0.05, 0.1) is 22.0 Å². The molecule has 7 nitrogen and oxygen atoms in total. The Labute approximate surface area is 280 Å². The number of rotatable bonds is 14. The Bertz CT molecular complexity index is 1360. The molecule has 0 amide bonds. The molecule has 0 saturated carbocycles. The van der Waals surface area contributed by atoms with E-state index < -0.39 is 32.1 Å². The third-order valence-corrected chi connectivity index (χ3v) is 10.1. The van der Waals surface area contributed by atoms with Gasteiger partial charge in [-0.05, 0) is 84.8 Å². The lowest BCUT2D eigenvalue weighted by atomic mass is 9.77. The van der Waals surface area contributed by atoms with E-state index in [0.717, 1.165) is 19.3 Å². The largest absolute Gasteiger partial charge is 0.481 e. The van der Waals surface area contributed by atoms with E-state index in [-0.39, 0.29) is 23.6 Å². The van der Waals surface area contributed by atoms with Gasteiger partial charge in [0.15, 0.2) is 5.78 Å². The molecule has 2 heterocycles. The number of thiol groups is 2. The second-order valence-corrected chi connectivity index (χ2v) is 16.7. The van der Waals surface area contributed by atoms with Crippen molar-refractivity contribution in [2.75, 3.05) is 6.61 Å². The number of carboxylic acid groups (broad SMARTS) is 1. The van der Waals surface area contributed by atoms with E-state index in [1.165, 1.54) is 0 Å². The van der Waals surface area contributed by atoms with E-state index >= 15 is 0 Å². The molecular weight excluding hydrogens is 609 g/mol. The first-order valence-electron chi connectivity index (χ1n) is 15.9. The Balaban J connectivity index is 1.91. The van der Waals surface area contributed by atoms with Crippen LogP contribution in [0.3, 0.4) is 0 Å². The van der Waals surface area contributed by atoms with Crippen LogP contribution < -0.4 is 0 Å². The summed E-state index contributed by atoms with van der Waals surface area (Å²) in [6.07, 6.45) is 8.78. The first-order chi connectivity index (χ1) is 20.6. The Morgan fingerprint density at radius 2 is 1.44 bits per heavy atom. The summed E-state index contributed by atoms with van der Waals surface area (Å²) in [5, 5.41) is 19.1. The van der Waals surface area contributed by atoms with Gasteiger partial charge in [0, 0.05) is 30.6 Å². The molecule has 1 aromatic rings. The number of carbonyl (C=O) groups is 3. The van der Waals surface area contributed by atoms with Gasteiger partial charge in [-0.3, -0.25) is 14.4 Å². The number of hydrogen-bond acceptors (Lipinski definition) is 8. The molecule has 2 aliphatic heterocycles. The fourth-order valence-electron chi connectivity index (χ4n) is 5.94. The smallest absolute Gasteiger partial charge is 0.309 e. The Morgan fingerprint density at radius 1 is 0.844 bits per heavy atom. The highest BCUT2D eigenvalue weighted by molar-refractivity contribution is 7.82. The lowest BCUT2D eigenvalue weighted by Gasteiger charge is -2.43. The van der Waals surface area contributed by atoms with Crippen molar-refractivity contribution in [3.8, 4) is 0 Å². The van der Waals surface area contributed by atoms with Crippen LogP contribution in [0.5, 0.6) is 0 Å². The van der Waals surface area contributed by atoms with Gasteiger partial charge < -0.3 is 19.7 Å². The molecule has 0 saturated heterocycles. The van der Waals surface area contributed by atoms with Crippen LogP contribution in [0.15, 0.2) is 42.2 Å². The first-order valence-corrected chi connectivity index (χ1v) is 16.8. The van der Waals surface area contributed by atoms with Crippen molar-refractivity contribution in [1.82, 2.24) is 0 Å². The van der Waals surface area contributed by atoms with Crippen molar-refractivity contribution in [3.63, 3.8) is 0 Å². The molecule has 250 valence electrons. The van der Waals surface area contributed by atoms with Gasteiger partial charge in [-0.1, -0.05) is 51.0 Å². The maximum absolute atomic E-state index is 14.0. The number of allylic oxidation sites excluding steroid dienone is 3. The molecule has 0 bridgehead atoms. The predicted molar refractivity (Wildman–Crippen MR) is 184 cm³/mol. The van der Waals surface area contributed by atoms with Crippen molar-refractivity contribution in [1.29, 1.82) is 0 Å². The fraction of sp³-hybridized carbons (Fsp3) is 0.639. The number of aliphatic hydroxyl groups is 1. The summed E-state index contributed by atoms with van der Waals surface area (Å²) < 4.78 is 12.9. The van der Waals surface area contributed by atoms with Crippen LogP contribution in [0, 0.1) is 21.7 Å². The van der Waals surface area contributed by atoms with Crippen LogP contribution in [0.4, 0.5) is 0 Å². The molecule has 9 heteroatoms. The number of carbonyl (C=O) groups excluding carboxylic acids is 2. The SMILES string of the molecule is CC(C)(CO)CCCCC1=CC(C)(C)C(=O)C(S)(c2ccccc2C2=CC(C)(C)C(=O)C(S)(CCCCC(C)(C)C(=O)O)O2)O1. The van der Waals surface area contributed by atoms with Gasteiger partial charge in [0.2, 0.25) is 15.6 Å². The summed E-state index contributed by atoms with van der Waals surface area (Å²) in [4.78, 5) is 36.1. The minimum absolute atomic E-state index is 0.126. The average Bonchev–Trinajstić information content (AvgIpc) is 2.94. The molecule has 45 heavy (non-hydrogen) atoms. The highest BCUT2D eigenvalue weighted by atomic mass is 32.1. The number of ketones is 2. The molecule has 0 fully saturated rings. The quantitative estimate of drug-likeness (QED) is 0.118. The number of hydrogen-bond donors (Lipinski definition) is 4. The van der Waals surface area contributed by atoms with Gasteiger partial charge in [-0.15, -0.1) is 25.3 Å². The van der Waals surface area contributed by atoms with Crippen LogP contribution in [0.1, 0.15) is 118 Å². The van der Waals surface area contributed by atoms with Gasteiger partial charge >= 0.3 is 5.97 Å². The van der Waals surface area contributed by atoms with E-state index in [0.29, 0.717) is 54.7 Å². The zero-order valence-electron chi connectivity index (χ0n) is 28.2. The number of carboxylic acids is 1. The van der Waals surface area contributed by atoms with Crippen LogP contribution in [0.25, 0.3) is 5.76 Å². The molecule has 0 aromatic heterocycles. The molecule has 2 N–H and O–H groups in total. The summed E-state index contributed by atoms with van der Waals surface area (Å²) in [6.45, 7) is 15.0. The summed E-state index contributed by atoms with van der Waals surface area (Å²) in [5.41, 5.74) is -1.67. The van der Waals surface area contributed by atoms with E-state index in [1.807, 2.05) is 71.9 Å².